The van der Waals surface area contributed by atoms with Gasteiger partial charge in [-0.05, 0) is 50.1 Å². The Labute approximate surface area is 154 Å². The van der Waals surface area contributed by atoms with Crippen LogP contribution in [0.3, 0.4) is 0 Å². The zero-order valence-electron chi connectivity index (χ0n) is 16.1. The summed E-state index contributed by atoms with van der Waals surface area (Å²) in [7, 11) is 4.88. The fourth-order valence-corrected chi connectivity index (χ4v) is 2.99. The van der Waals surface area contributed by atoms with Gasteiger partial charge in [-0.2, -0.15) is 0 Å². The van der Waals surface area contributed by atoms with E-state index in [4.69, 9.17) is 18.9 Å². The van der Waals surface area contributed by atoms with Crippen molar-refractivity contribution in [1.29, 1.82) is 0 Å². The number of rotatable bonds is 8. The highest BCUT2D eigenvalue weighted by Gasteiger charge is 2.41. The quantitative estimate of drug-likeness (QED) is 0.663. The summed E-state index contributed by atoms with van der Waals surface area (Å²) in [6.07, 6.45) is 6.26. The number of allylic oxidation sites excluding steroid dienone is 2. The molecule has 0 amide bonds. The summed E-state index contributed by atoms with van der Waals surface area (Å²) in [6, 6.07) is 3.87. The number of hydrogen-bond donors (Lipinski definition) is 0. The molecule has 1 aromatic heterocycles. The Kier molecular flexibility index (Phi) is 6.94. The highest BCUT2D eigenvalue weighted by molar-refractivity contribution is 5.75. The maximum Gasteiger partial charge on any atom is 0.306 e. The number of ether oxygens (including phenoxy) is 4. The van der Waals surface area contributed by atoms with Gasteiger partial charge in [-0.3, -0.25) is 9.78 Å². The van der Waals surface area contributed by atoms with Gasteiger partial charge >= 0.3 is 5.97 Å². The molecule has 0 spiro atoms. The van der Waals surface area contributed by atoms with Crippen molar-refractivity contribution >= 4 is 11.5 Å². The van der Waals surface area contributed by atoms with Crippen LogP contribution in [0.15, 0.2) is 36.2 Å². The molecule has 26 heavy (non-hydrogen) atoms. The number of aromatic nitrogens is 1. The average Bonchev–Trinajstić information content (AvgIpc) is 2.66. The number of methoxy groups -OCH3 is 3. The lowest BCUT2D eigenvalue weighted by Gasteiger charge is -2.37. The minimum atomic E-state index is -0.700. The number of aryl methyl sites for hydroxylation is 1. The van der Waals surface area contributed by atoms with E-state index in [0.717, 1.165) is 16.8 Å². The van der Waals surface area contributed by atoms with Gasteiger partial charge in [0.2, 0.25) is 0 Å². The van der Waals surface area contributed by atoms with E-state index >= 15 is 0 Å². The SMILES string of the molecule is CCOC(=O)CCc1ccnc(C2=CC(OC)C(C)(OC)C(OC)=C2)c1. The van der Waals surface area contributed by atoms with Crippen molar-refractivity contribution in [2.75, 3.05) is 27.9 Å². The van der Waals surface area contributed by atoms with E-state index in [0.29, 0.717) is 25.2 Å². The van der Waals surface area contributed by atoms with Crippen LogP contribution in [0.4, 0.5) is 0 Å². The largest absolute Gasteiger partial charge is 0.498 e. The average molecular weight is 361 g/mol. The molecule has 0 aliphatic heterocycles. The standard InChI is InChI=1S/C20H27NO5/c1-6-26-19(22)8-7-14-9-10-21-16(11-14)15-12-17(23-3)20(2,25-5)18(13-15)24-4/h9-13,17H,6-8H2,1-5H3. The van der Waals surface area contributed by atoms with Crippen molar-refractivity contribution in [2.45, 2.75) is 38.4 Å². The summed E-state index contributed by atoms with van der Waals surface area (Å²) in [5.74, 6) is 0.475. The Hall–Kier alpha value is -2.18. The molecule has 0 radical (unpaired) electrons. The number of hydrogen-bond acceptors (Lipinski definition) is 6. The Morgan fingerprint density at radius 2 is 2.08 bits per heavy atom. The Morgan fingerprint density at radius 3 is 2.69 bits per heavy atom. The number of pyridine rings is 1. The third-order valence-electron chi connectivity index (χ3n) is 4.59. The minimum Gasteiger partial charge on any atom is -0.498 e. The van der Waals surface area contributed by atoms with Crippen LogP contribution in [-0.2, 0) is 30.2 Å². The summed E-state index contributed by atoms with van der Waals surface area (Å²) in [4.78, 5) is 16.0. The molecule has 1 aliphatic rings. The first kappa shape index (κ1) is 20.1. The Bertz CT molecular complexity index is 697. The van der Waals surface area contributed by atoms with Gasteiger partial charge in [0.05, 0.1) is 19.4 Å². The van der Waals surface area contributed by atoms with Crippen molar-refractivity contribution in [3.63, 3.8) is 0 Å². The maximum absolute atomic E-state index is 11.6. The van der Waals surface area contributed by atoms with Crippen LogP contribution < -0.4 is 0 Å². The molecular weight excluding hydrogens is 334 g/mol. The van der Waals surface area contributed by atoms with Crippen LogP contribution in [-0.4, -0.2) is 50.6 Å². The van der Waals surface area contributed by atoms with Crippen molar-refractivity contribution in [3.8, 4) is 0 Å². The Morgan fingerprint density at radius 1 is 1.31 bits per heavy atom. The van der Waals surface area contributed by atoms with E-state index < -0.39 is 5.60 Å². The molecule has 6 nitrogen and oxygen atoms in total. The molecule has 2 atom stereocenters. The fourth-order valence-electron chi connectivity index (χ4n) is 2.99. The molecule has 2 rings (SSSR count). The van der Waals surface area contributed by atoms with Crippen molar-refractivity contribution in [2.24, 2.45) is 0 Å². The molecule has 0 saturated carbocycles. The molecule has 2 unspecified atom stereocenters. The Balaban J connectivity index is 2.26. The third-order valence-corrected chi connectivity index (χ3v) is 4.59. The van der Waals surface area contributed by atoms with E-state index in [1.54, 1.807) is 34.4 Å². The summed E-state index contributed by atoms with van der Waals surface area (Å²) in [5, 5.41) is 0. The van der Waals surface area contributed by atoms with E-state index in [1.807, 2.05) is 31.2 Å². The van der Waals surface area contributed by atoms with E-state index in [9.17, 15) is 4.79 Å². The fraction of sp³-hybridized carbons (Fsp3) is 0.500. The third kappa shape index (κ3) is 4.31. The van der Waals surface area contributed by atoms with E-state index in [1.165, 1.54) is 0 Å². The number of carbonyl (C=O) groups is 1. The minimum absolute atomic E-state index is 0.195. The van der Waals surface area contributed by atoms with Crippen LogP contribution in [0.1, 0.15) is 31.5 Å². The molecule has 0 N–H and O–H groups in total. The second kappa shape index (κ2) is 8.96. The van der Waals surface area contributed by atoms with Crippen LogP contribution in [0.2, 0.25) is 0 Å². The van der Waals surface area contributed by atoms with Gasteiger partial charge in [-0.25, -0.2) is 0 Å². The van der Waals surface area contributed by atoms with Gasteiger partial charge in [0.1, 0.15) is 11.9 Å². The highest BCUT2D eigenvalue weighted by atomic mass is 16.6. The predicted molar refractivity (Wildman–Crippen MR) is 98.5 cm³/mol. The molecule has 142 valence electrons. The van der Waals surface area contributed by atoms with Gasteiger partial charge in [0.15, 0.2) is 5.60 Å². The summed E-state index contributed by atoms with van der Waals surface area (Å²) >= 11 is 0. The zero-order valence-corrected chi connectivity index (χ0v) is 16.1. The molecule has 0 fully saturated rings. The molecule has 0 bridgehead atoms. The first-order valence-electron chi connectivity index (χ1n) is 8.65. The van der Waals surface area contributed by atoms with Crippen LogP contribution in [0, 0.1) is 0 Å². The lowest BCUT2D eigenvalue weighted by atomic mass is 9.87. The topological polar surface area (TPSA) is 66.9 Å². The number of esters is 1. The van der Waals surface area contributed by atoms with Gasteiger partial charge in [0.25, 0.3) is 0 Å². The monoisotopic (exact) mass is 361 g/mol. The molecule has 1 aromatic rings. The predicted octanol–water partition coefficient (Wildman–Crippen LogP) is 2.92. The summed E-state index contributed by atoms with van der Waals surface area (Å²) in [6.45, 7) is 4.12. The molecule has 6 heteroatoms. The van der Waals surface area contributed by atoms with E-state index in [2.05, 4.69) is 4.98 Å². The smallest absolute Gasteiger partial charge is 0.306 e. The lowest BCUT2D eigenvalue weighted by molar-refractivity contribution is -0.143. The van der Waals surface area contributed by atoms with Gasteiger partial charge in [-0.1, -0.05) is 0 Å². The summed E-state index contributed by atoms with van der Waals surface area (Å²) < 4.78 is 21.8. The zero-order chi connectivity index (χ0) is 19.2. The van der Waals surface area contributed by atoms with Gasteiger partial charge in [0, 0.05) is 32.4 Å². The van der Waals surface area contributed by atoms with Crippen molar-refractivity contribution in [1.82, 2.24) is 4.98 Å². The number of carbonyl (C=O) groups excluding carboxylic acids is 1. The lowest BCUT2D eigenvalue weighted by Crippen LogP contribution is -2.45. The normalized spacial score (nSPS) is 22.4. The van der Waals surface area contributed by atoms with Crippen LogP contribution in [0.25, 0.3) is 5.57 Å². The maximum atomic E-state index is 11.6. The second-order valence-electron chi connectivity index (χ2n) is 6.16. The van der Waals surface area contributed by atoms with Crippen LogP contribution in [0.5, 0.6) is 0 Å². The molecule has 0 saturated heterocycles. The first-order chi connectivity index (χ1) is 12.5. The number of nitrogens with zero attached hydrogens (tertiary/aromatic N) is 1. The van der Waals surface area contributed by atoms with Gasteiger partial charge in [-0.15, -0.1) is 0 Å². The molecular formula is C20H27NO5. The van der Waals surface area contributed by atoms with Crippen LogP contribution >= 0.6 is 0 Å². The van der Waals surface area contributed by atoms with Gasteiger partial charge < -0.3 is 18.9 Å². The second-order valence-corrected chi connectivity index (χ2v) is 6.16. The van der Waals surface area contributed by atoms with Crippen molar-refractivity contribution in [3.05, 3.63) is 47.5 Å². The molecule has 0 aromatic carbocycles. The molecule has 1 heterocycles. The van der Waals surface area contributed by atoms with Crippen molar-refractivity contribution < 1.29 is 23.7 Å². The first-order valence-corrected chi connectivity index (χ1v) is 8.65. The highest BCUT2D eigenvalue weighted by Crippen LogP contribution is 2.36. The molecule has 1 aliphatic carbocycles. The van der Waals surface area contributed by atoms with E-state index in [-0.39, 0.29) is 12.1 Å². The summed E-state index contributed by atoms with van der Waals surface area (Å²) in [5.41, 5.74) is 2.00.